The summed E-state index contributed by atoms with van der Waals surface area (Å²) in [5.74, 6) is 1.07. The molecule has 1 aliphatic heterocycles. The van der Waals surface area contributed by atoms with Crippen LogP contribution in [0, 0.1) is 0 Å². The van der Waals surface area contributed by atoms with Gasteiger partial charge in [-0.15, -0.1) is 0 Å². The van der Waals surface area contributed by atoms with E-state index in [1.54, 1.807) is 55.6 Å². The van der Waals surface area contributed by atoms with Crippen molar-refractivity contribution in [1.82, 2.24) is 5.43 Å². The second kappa shape index (κ2) is 11.6. The summed E-state index contributed by atoms with van der Waals surface area (Å²) in [7, 11) is 1.56. The van der Waals surface area contributed by atoms with Gasteiger partial charge in [0.15, 0.2) is 6.61 Å². The zero-order chi connectivity index (χ0) is 23.8. The number of carbonyl (C=O) groups is 1. The number of carbonyl (C=O) groups excluding carboxylic acids is 1. The van der Waals surface area contributed by atoms with Crippen molar-refractivity contribution in [3.05, 3.63) is 54.1 Å². The van der Waals surface area contributed by atoms with Crippen LogP contribution in [0.1, 0.15) is 5.56 Å². The first-order valence-electron chi connectivity index (χ1n) is 10.1. The minimum Gasteiger partial charge on any atom is -0.497 e. The Morgan fingerprint density at radius 2 is 1.64 bits per heavy atom. The van der Waals surface area contributed by atoms with Gasteiger partial charge in [0.25, 0.3) is 5.91 Å². The normalized spacial score (nSPS) is 24.9. The Hall–Kier alpha value is -3.22. The van der Waals surface area contributed by atoms with Gasteiger partial charge >= 0.3 is 0 Å². The van der Waals surface area contributed by atoms with E-state index in [4.69, 9.17) is 18.9 Å². The largest absolute Gasteiger partial charge is 0.497 e. The van der Waals surface area contributed by atoms with Crippen molar-refractivity contribution in [3.8, 4) is 17.2 Å². The first-order chi connectivity index (χ1) is 15.9. The van der Waals surface area contributed by atoms with Crippen molar-refractivity contribution in [2.45, 2.75) is 30.7 Å². The van der Waals surface area contributed by atoms with Crippen LogP contribution in [0.4, 0.5) is 0 Å². The van der Waals surface area contributed by atoms with Crippen molar-refractivity contribution in [1.29, 1.82) is 0 Å². The van der Waals surface area contributed by atoms with E-state index in [1.165, 1.54) is 6.21 Å². The summed E-state index contributed by atoms with van der Waals surface area (Å²) in [6.45, 7) is -0.757. The lowest BCUT2D eigenvalue weighted by Crippen LogP contribution is -2.60. The van der Waals surface area contributed by atoms with Crippen molar-refractivity contribution >= 4 is 12.1 Å². The Balaban J connectivity index is 1.46. The number of methoxy groups -OCH3 is 1. The minimum absolute atomic E-state index is 0.213. The van der Waals surface area contributed by atoms with Gasteiger partial charge in [-0.2, -0.15) is 5.10 Å². The molecule has 178 valence electrons. The summed E-state index contributed by atoms with van der Waals surface area (Å²) in [5, 5.41) is 42.7. The molecule has 3 rings (SSSR count). The fourth-order valence-corrected chi connectivity index (χ4v) is 2.96. The lowest BCUT2D eigenvalue weighted by atomic mass is 9.99. The monoisotopic (exact) mass is 462 g/mol. The molecule has 0 bridgehead atoms. The zero-order valence-electron chi connectivity index (χ0n) is 17.8. The van der Waals surface area contributed by atoms with Crippen molar-refractivity contribution in [2.24, 2.45) is 5.10 Å². The SMILES string of the molecule is COc1ccc(OCC(=O)N/N=C\c2ccc(O[C@@H]3O[C@H](CO)[C@@H](O)[C@H](O)[C@H]3O)cc2)cc1. The molecule has 0 unspecified atom stereocenters. The molecule has 0 saturated carbocycles. The minimum atomic E-state index is -1.52. The maximum atomic E-state index is 11.8. The number of aliphatic hydroxyl groups excluding tert-OH is 4. The fourth-order valence-electron chi connectivity index (χ4n) is 2.96. The van der Waals surface area contributed by atoms with Crippen LogP contribution < -0.4 is 19.6 Å². The average molecular weight is 462 g/mol. The van der Waals surface area contributed by atoms with Crippen molar-refractivity contribution < 1.29 is 44.2 Å². The number of rotatable bonds is 9. The highest BCUT2D eigenvalue weighted by atomic mass is 16.7. The molecule has 11 nitrogen and oxygen atoms in total. The van der Waals surface area contributed by atoms with Gasteiger partial charge in [-0.05, 0) is 54.1 Å². The van der Waals surface area contributed by atoms with Crippen molar-refractivity contribution in [2.75, 3.05) is 20.3 Å². The molecular weight excluding hydrogens is 436 g/mol. The van der Waals surface area contributed by atoms with Gasteiger partial charge in [-0.1, -0.05) is 0 Å². The highest BCUT2D eigenvalue weighted by molar-refractivity contribution is 5.83. The molecule has 5 N–H and O–H groups in total. The Morgan fingerprint density at radius 3 is 2.27 bits per heavy atom. The summed E-state index contributed by atoms with van der Waals surface area (Å²) >= 11 is 0. The van der Waals surface area contributed by atoms with Gasteiger partial charge in [0.2, 0.25) is 6.29 Å². The third-order valence-corrected chi connectivity index (χ3v) is 4.81. The third-order valence-electron chi connectivity index (χ3n) is 4.81. The quantitative estimate of drug-likeness (QED) is 0.242. The van der Waals surface area contributed by atoms with Crippen LogP contribution in [0.3, 0.4) is 0 Å². The number of ether oxygens (including phenoxy) is 4. The summed E-state index contributed by atoms with van der Waals surface area (Å²) in [4.78, 5) is 11.8. The van der Waals surface area contributed by atoms with Crippen LogP contribution in [0.25, 0.3) is 0 Å². The summed E-state index contributed by atoms with van der Waals surface area (Å²) in [5.41, 5.74) is 3.00. The second-order valence-electron chi connectivity index (χ2n) is 7.14. The summed E-state index contributed by atoms with van der Waals surface area (Å²) in [6, 6.07) is 13.2. The third kappa shape index (κ3) is 6.63. The van der Waals surface area contributed by atoms with E-state index in [2.05, 4.69) is 10.5 Å². The maximum absolute atomic E-state index is 11.8. The average Bonchev–Trinajstić information content (AvgIpc) is 2.84. The molecule has 11 heteroatoms. The standard InChI is InChI=1S/C22H26N2O9/c1-30-14-6-8-15(9-7-14)31-12-18(26)24-23-10-13-2-4-16(5-3-13)32-22-21(29)20(28)19(27)17(11-25)33-22/h2-10,17,19-22,25,27-29H,11-12H2,1H3,(H,24,26)/b23-10-/t17-,19-,20+,21-,22-/m1/s1. The van der Waals surface area contributed by atoms with E-state index >= 15 is 0 Å². The molecule has 1 amide bonds. The number of benzene rings is 2. The van der Waals surface area contributed by atoms with Crippen LogP contribution in [0.2, 0.25) is 0 Å². The van der Waals surface area contributed by atoms with Crippen LogP contribution in [-0.4, -0.2) is 83.6 Å². The predicted molar refractivity (Wildman–Crippen MR) is 115 cm³/mol. The number of nitrogens with one attached hydrogen (secondary N) is 1. The molecule has 5 atom stereocenters. The molecule has 2 aromatic carbocycles. The first-order valence-corrected chi connectivity index (χ1v) is 10.1. The number of hydrazone groups is 1. The molecule has 0 spiro atoms. The highest BCUT2D eigenvalue weighted by Gasteiger charge is 2.44. The predicted octanol–water partition coefficient (Wildman–Crippen LogP) is -0.597. The van der Waals surface area contributed by atoms with E-state index in [0.29, 0.717) is 22.8 Å². The van der Waals surface area contributed by atoms with Gasteiger partial charge in [0, 0.05) is 0 Å². The van der Waals surface area contributed by atoms with Crippen LogP contribution >= 0.6 is 0 Å². The second-order valence-corrected chi connectivity index (χ2v) is 7.14. The number of hydrogen-bond donors (Lipinski definition) is 5. The Morgan fingerprint density at radius 1 is 1.00 bits per heavy atom. The molecule has 0 aliphatic carbocycles. The smallest absolute Gasteiger partial charge is 0.277 e. The number of nitrogens with zero attached hydrogens (tertiary/aromatic N) is 1. The molecule has 1 heterocycles. The van der Waals surface area contributed by atoms with Gasteiger partial charge < -0.3 is 39.4 Å². The lowest BCUT2D eigenvalue weighted by molar-refractivity contribution is -0.277. The number of aliphatic hydroxyl groups is 4. The summed E-state index contributed by atoms with van der Waals surface area (Å²) < 4.78 is 21.2. The Kier molecular flexibility index (Phi) is 8.58. The van der Waals surface area contributed by atoms with Crippen LogP contribution in [0.5, 0.6) is 17.2 Å². The number of amides is 1. The molecule has 2 aromatic rings. The van der Waals surface area contributed by atoms with Crippen LogP contribution in [-0.2, 0) is 9.53 Å². The number of hydrogen-bond acceptors (Lipinski definition) is 10. The highest BCUT2D eigenvalue weighted by Crippen LogP contribution is 2.24. The zero-order valence-corrected chi connectivity index (χ0v) is 17.8. The van der Waals surface area contributed by atoms with Gasteiger partial charge in [-0.25, -0.2) is 5.43 Å². The van der Waals surface area contributed by atoms with E-state index < -0.39 is 43.2 Å². The molecular formula is C22H26N2O9. The van der Waals surface area contributed by atoms with Crippen molar-refractivity contribution in [3.63, 3.8) is 0 Å². The molecule has 1 fully saturated rings. The molecule has 1 saturated heterocycles. The fraction of sp³-hybridized carbons (Fsp3) is 0.364. The Labute approximate surface area is 189 Å². The maximum Gasteiger partial charge on any atom is 0.277 e. The first kappa shape index (κ1) is 24.4. The van der Waals surface area contributed by atoms with Gasteiger partial charge in [0.05, 0.1) is 19.9 Å². The lowest BCUT2D eigenvalue weighted by Gasteiger charge is -2.39. The van der Waals surface area contributed by atoms with Gasteiger partial charge in [-0.3, -0.25) is 4.79 Å². The van der Waals surface area contributed by atoms with E-state index in [1.807, 2.05) is 0 Å². The summed E-state index contributed by atoms with van der Waals surface area (Å²) in [6.07, 6.45) is -5.39. The Bertz CT molecular complexity index is 918. The van der Waals surface area contributed by atoms with E-state index in [-0.39, 0.29) is 6.61 Å². The van der Waals surface area contributed by atoms with Crippen LogP contribution in [0.15, 0.2) is 53.6 Å². The van der Waals surface area contributed by atoms with E-state index in [9.17, 15) is 25.2 Å². The molecule has 0 aromatic heterocycles. The molecule has 1 aliphatic rings. The topological polar surface area (TPSA) is 159 Å². The van der Waals surface area contributed by atoms with Gasteiger partial charge in [0.1, 0.15) is 41.7 Å². The molecule has 33 heavy (non-hydrogen) atoms. The van der Waals surface area contributed by atoms with E-state index in [0.717, 1.165) is 0 Å². The molecule has 0 radical (unpaired) electrons.